The molecule has 1 nitrogen and oxygen atoms in total. The van der Waals surface area contributed by atoms with Gasteiger partial charge in [-0.2, -0.15) is 149 Å². The minimum Gasteiger partial charge on any atom is -0.373 e. The zero-order valence-corrected chi connectivity index (χ0v) is 28.2. The fourth-order valence-corrected chi connectivity index (χ4v) is 4.15. The van der Waals surface area contributed by atoms with Gasteiger partial charge in [-0.3, -0.25) is 0 Å². The largest absolute Gasteiger partial charge is 0.460 e. The van der Waals surface area contributed by atoms with Gasteiger partial charge in [0.1, 0.15) is 0 Å². The van der Waals surface area contributed by atoms with Gasteiger partial charge >= 0.3 is 95.3 Å². The highest BCUT2D eigenvalue weighted by molar-refractivity contribution is 5.16. The molecule has 0 aliphatic heterocycles. The minimum atomic E-state index is -9.11. The second-order valence-corrected chi connectivity index (χ2v) is 13.2. The smallest absolute Gasteiger partial charge is 0.373 e. The molecule has 0 rings (SSSR count). The van der Waals surface area contributed by atoms with Gasteiger partial charge in [0.15, 0.2) is 0 Å². The molecule has 0 saturated carbocycles. The molecule has 0 amide bonds. The molecule has 0 unspecified atom stereocenters. The van der Waals surface area contributed by atoms with Crippen molar-refractivity contribution in [2.45, 2.75) is 153 Å². The number of halogens is 34. The number of hydrogen-bond donors (Lipinski definition) is 0. The summed E-state index contributed by atoms with van der Waals surface area (Å²) in [5.41, 5.74) is -2.29. The van der Waals surface area contributed by atoms with Crippen LogP contribution in [0.25, 0.3) is 0 Å². The SMILES string of the molecule is CC(C)(C)OC(CCC(F)(F)C(F)(F)C(F)(F)C(F)(F)C(F)(F)C(F)(F)C(F)(F)C(F)(F)F)CCC(F)(F)C(F)(F)C(F)(F)C(F)(F)C(F)(F)C(F)(F)C(F)(F)C(F)(F)F. The lowest BCUT2D eigenvalue weighted by Crippen LogP contribution is -2.74. The van der Waals surface area contributed by atoms with Crippen LogP contribution in [-0.2, 0) is 4.74 Å². The molecule has 0 radical (unpaired) electrons. The highest BCUT2D eigenvalue weighted by Crippen LogP contribution is 2.66. The Labute approximate surface area is 308 Å². The average Bonchev–Trinajstić information content (AvgIpc) is 2.99. The molecule has 35 heteroatoms. The van der Waals surface area contributed by atoms with E-state index >= 15 is 0 Å². The first-order chi connectivity index (χ1) is 25.3. The van der Waals surface area contributed by atoms with Crippen molar-refractivity contribution in [1.29, 1.82) is 0 Å². The van der Waals surface area contributed by atoms with Gasteiger partial charge in [-0.25, -0.2) is 0 Å². The van der Waals surface area contributed by atoms with Crippen LogP contribution in [0.4, 0.5) is 149 Å². The van der Waals surface area contributed by atoms with E-state index in [4.69, 9.17) is 0 Å². The van der Waals surface area contributed by atoms with Gasteiger partial charge in [0, 0.05) is 12.8 Å². The Morgan fingerprint density at radius 3 is 0.600 bits per heavy atom. The summed E-state index contributed by atoms with van der Waals surface area (Å²) in [5.74, 6) is -121. The fourth-order valence-electron chi connectivity index (χ4n) is 4.15. The van der Waals surface area contributed by atoms with Gasteiger partial charge in [0.05, 0.1) is 11.7 Å². The highest BCUT2D eigenvalue weighted by atomic mass is 19.4. The molecular weight excluding hydrogens is 962 g/mol. The van der Waals surface area contributed by atoms with Gasteiger partial charge in [-0.15, -0.1) is 0 Å². The predicted octanol–water partition coefficient (Wildman–Crippen LogP) is 13.7. The third-order valence-corrected chi connectivity index (χ3v) is 7.65. The normalized spacial score (nSPS) is 16.9. The molecule has 60 heavy (non-hydrogen) atoms. The summed E-state index contributed by atoms with van der Waals surface area (Å²) in [6, 6.07) is 0. The van der Waals surface area contributed by atoms with E-state index in [0.29, 0.717) is 20.8 Å². The van der Waals surface area contributed by atoms with E-state index in [0.717, 1.165) is 0 Å². The van der Waals surface area contributed by atoms with Crippen molar-refractivity contribution >= 4 is 0 Å². The van der Waals surface area contributed by atoms with E-state index in [-0.39, 0.29) is 0 Å². The first-order valence-electron chi connectivity index (χ1n) is 14.4. The molecule has 0 aromatic rings. The van der Waals surface area contributed by atoms with Gasteiger partial charge in [0.25, 0.3) is 0 Å². The molecule has 0 aromatic carbocycles. The molecule has 362 valence electrons. The fraction of sp³-hybridized carbons (Fsp3) is 1.00. The first kappa shape index (κ1) is 57.6. The molecule has 0 bridgehead atoms. The van der Waals surface area contributed by atoms with Crippen molar-refractivity contribution in [1.82, 2.24) is 0 Å². The Morgan fingerprint density at radius 1 is 0.267 bits per heavy atom. The maximum Gasteiger partial charge on any atom is 0.460 e. The van der Waals surface area contributed by atoms with Crippen molar-refractivity contribution < 1.29 is 154 Å². The van der Waals surface area contributed by atoms with Crippen molar-refractivity contribution in [3.05, 3.63) is 0 Å². The Morgan fingerprint density at radius 2 is 0.433 bits per heavy atom. The molecule has 0 saturated heterocycles. The molecule has 0 aliphatic rings. The van der Waals surface area contributed by atoms with E-state index in [9.17, 15) is 149 Å². The van der Waals surface area contributed by atoms with Crippen LogP contribution in [0.5, 0.6) is 0 Å². The third kappa shape index (κ3) is 8.38. The van der Waals surface area contributed by atoms with E-state index < -0.39 is 133 Å². The molecule has 0 heterocycles. The van der Waals surface area contributed by atoms with Crippen LogP contribution in [0.15, 0.2) is 0 Å². The van der Waals surface area contributed by atoms with Crippen molar-refractivity contribution in [3.8, 4) is 0 Å². The summed E-state index contributed by atoms with van der Waals surface area (Å²) < 4.78 is 463. The van der Waals surface area contributed by atoms with Crippen molar-refractivity contribution in [2.75, 3.05) is 0 Å². The molecule has 0 N–H and O–H groups in total. The summed E-state index contributed by atoms with van der Waals surface area (Å²) in [4.78, 5) is 0. The summed E-state index contributed by atoms with van der Waals surface area (Å²) >= 11 is 0. The number of rotatable bonds is 19. The van der Waals surface area contributed by atoms with Crippen LogP contribution in [0.3, 0.4) is 0 Å². The molecule has 0 aliphatic carbocycles. The number of ether oxygens (including phenoxy) is 1. The maximum absolute atomic E-state index is 14.4. The van der Waals surface area contributed by atoms with Crippen LogP contribution in [0, 0.1) is 0 Å². The van der Waals surface area contributed by atoms with Crippen molar-refractivity contribution in [2.24, 2.45) is 0 Å². The van der Waals surface area contributed by atoms with Crippen LogP contribution >= 0.6 is 0 Å². The average molecular weight is 980 g/mol. The van der Waals surface area contributed by atoms with Crippen LogP contribution in [0.1, 0.15) is 46.5 Å². The molecule has 0 aromatic heterocycles. The predicted molar refractivity (Wildman–Crippen MR) is 124 cm³/mol. The third-order valence-electron chi connectivity index (χ3n) is 7.65. The van der Waals surface area contributed by atoms with E-state index in [1.165, 1.54) is 0 Å². The zero-order chi connectivity index (χ0) is 49.6. The zero-order valence-electron chi connectivity index (χ0n) is 28.2. The standard InChI is InChI=1S/C25H18F34O/c1-9(2,3)60-8(4-6-10(26,27)12(30,31)14(34,35)16(38,39)18(42,43)20(46,47)22(50,51)24(54,55)56)5-7-11(28,29)13(32,33)15(36,37)17(40,41)19(44,45)21(48,49)23(52,53)25(57,58)59/h8H,4-7H2,1-3H3. The monoisotopic (exact) mass is 980 g/mol. The second kappa shape index (κ2) is 15.1. The molecule has 0 spiro atoms. The van der Waals surface area contributed by atoms with Gasteiger partial charge in [0.2, 0.25) is 0 Å². The van der Waals surface area contributed by atoms with Gasteiger partial charge in [-0.1, -0.05) is 0 Å². The van der Waals surface area contributed by atoms with Crippen LogP contribution < -0.4 is 0 Å². The first-order valence-corrected chi connectivity index (χ1v) is 14.4. The molecule has 0 atom stereocenters. The Kier molecular flexibility index (Phi) is 14.5. The highest BCUT2D eigenvalue weighted by Gasteiger charge is 2.97. The molecular formula is C25H18F34O. The Hall–Kier alpha value is -2.42. The lowest BCUT2D eigenvalue weighted by atomic mass is 9.86. The quantitative estimate of drug-likeness (QED) is 0.117. The van der Waals surface area contributed by atoms with E-state index in [2.05, 4.69) is 4.74 Å². The Bertz CT molecular complexity index is 1370. The van der Waals surface area contributed by atoms with Crippen LogP contribution in [-0.4, -0.2) is 107 Å². The number of hydrogen-bond acceptors (Lipinski definition) is 1. The van der Waals surface area contributed by atoms with Crippen LogP contribution in [0.2, 0.25) is 0 Å². The lowest BCUT2D eigenvalue weighted by Gasteiger charge is -2.43. The lowest BCUT2D eigenvalue weighted by molar-refractivity contribution is -0.462. The van der Waals surface area contributed by atoms with E-state index in [1.54, 1.807) is 0 Å². The molecule has 0 fully saturated rings. The summed E-state index contributed by atoms with van der Waals surface area (Å²) in [6.07, 6.45) is -32.0. The van der Waals surface area contributed by atoms with Gasteiger partial charge < -0.3 is 4.74 Å². The summed E-state index contributed by atoms with van der Waals surface area (Å²) in [6.45, 7) is 1.67. The maximum atomic E-state index is 14.4. The topological polar surface area (TPSA) is 9.23 Å². The minimum absolute atomic E-state index is 0.556. The second-order valence-electron chi connectivity index (χ2n) is 13.2. The summed E-state index contributed by atoms with van der Waals surface area (Å²) in [7, 11) is 0. The van der Waals surface area contributed by atoms with Crippen molar-refractivity contribution in [3.63, 3.8) is 0 Å². The Balaban J connectivity index is 6.97. The number of alkyl halides is 34. The van der Waals surface area contributed by atoms with Gasteiger partial charge in [-0.05, 0) is 33.6 Å². The summed E-state index contributed by atoms with van der Waals surface area (Å²) in [5, 5.41) is 0. The van der Waals surface area contributed by atoms with E-state index in [1.807, 2.05) is 0 Å².